The van der Waals surface area contributed by atoms with Crippen molar-refractivity contribution in [3.63, 3.8) is 0 Å². The van der Waals surface area contributed by atoms with Crippen molar-refractivity contribution in [1.29, 1.82) is 0 Å². The molecular formula is C11H8Br2N2OS. The van der Waals surface area contributed by atoms with E-state index in [2.05, 4.69) is 42.2 Å². The summed E-state index contributed by atoms with van der Waals surface area (Å²) in [5, 5.41) is 4.84. The predicted octanol–water partition coefficient (Wildman–Crippen LogP) is 3.60. The largest absolute Gasteiger partial charge is 0.347 e. The maximum atomic E-state index is 11.8. The number of carbonyl (C=O) groups is 1. The third-order valence-corrected chi connectivity index (χ3v) is 4.45. The highest BCUT2D eigenvalue weighted by Crippen LogP contribution is 2.22. The normalized spacial score (nSPS) is 10.2. The van der Waals surface area contributed by atoms with Gasteiger partial charge in [-0.3, -0.25) is 4.79 Å². The summed E-state index contributed by atoms with van der Waals surface area (Å²) in [6.45, 7) is 0.525. The van der Waals surface area contributed by atoms with E-state index in [4.69, 9.17) is 0 Å². The van der Waals surface area contributed by atoms with Gasteiger partial charge in [-0.1, -0.05) is 0 Å². The van der Waals surface area contributed by atoms with Crippen LogP contribution in [0.2, 0.25) is 0 Å². The molecular weight excluding hydrogens is 368 g/mol. The Bertz CT molecular complexity index is 542. The van der Waals surface area contributed by atoms with Gasteiger partial charge >= 0.3 is 0 Å². The molecule has 0 spiro atoms. The number of aromatic nitrogens is 1. The molecule has 0 bridgehead atoms. The van der Waals surface area contributed by atoms with E-state index in [0.29, 0.717) is 16.7 Å². The molecule has 17 heavy (non-hydrogen) atoms. The lowest BCUT2D eigenvalue weighted by Gasteiger charge is -2.04. The van der Waals surface area contributed by atoms with Gasteiger partial charge in [-0.25, -0.2) is 4.98 Å². The monoisotopic (exact) mass is 374 g/mol. The smallest absolute Gasteiger partial charge is 0.251 e. The van der Waals surface area contributed by atoms with Gasteiger partial charge in [0.05, 0.1) is 6.54 Å². The van der Waals surface area contributed by atoms with Gasteiger partial charge in [0.1, 0.15) is 4.60 Å². The van der Waals surface area contributed by atoms with Crippen molar-refractivity contribution in [3.8, 4) is 0 Å². The number of halogens is 2. The summed E-state index contributed by atoms with van der Waals surface area (Å²) in [4.78, 5) is 16.9. The van der Waals surface area contributed by atoms with Gasteiger partial charge in [-0.2, -0.15) is 0 Å². The van der Waals surface area contributed by atoms with Crippen LogP contribution in [0, 0.1) is 0 Å². The van der Waals surface area contributed by atoms with Crippen molar-refractivity contribution in [2.24, 2.45) is 0 Å². The molecule has 6 heteroatoms. The topological polar surface area (TPSA) is 42.0 Å². The molecule has 2 rings (SSSR count). The molecule has 0 unspecified atom stereocenters. The van der Waals surface area contributed by atoms with Crippen molar-refractivity contribution in [2.75, 3.05) is 0 Å². The Labute approximate surface area is 120 Å². The third kappa shape index (κ3) is 3.37. The van der Waals surface area contributed by atoms with Gasteiger partial charge in [0.15, 0.2) is 0 Å². The molecule has 1 amide bonds. The fourth-order valence-electron chi connectivity index (χ4n) is 1.26. The minimum Gasteiger partial charge on any atom is -0.347 e. The van der Waals surface area contributed by atoms with Gasteiger partial charge in [0, 0.05) is 21.1 Å². The number of carbonyl (C=O) groups excluding carboxylic acids is 1. The molecule has 0 aliphatic rings. The maximum absolute atomic E-state index is 11.8. The Morgan fingerprint density at radius 1 is 1.41 bits per heavy atom. The summed E-state index contributed by atoms with van der Waals surface area (Å²) in [7, 11) is 0. The van der Waals surface area contributed by atoms with Crippen LogP contribution in [0.3, 0.4) is 0 Å². The fourth-order valence-corrected chi connectivity index (χ4v) is 3.05. The molecule has 0 aliphatic heterocycles. The van der Waals surface area contributed by atoms with Gasteiger partial charge in [0.25, 0.3) is 5.91 Å². The number of hydrogen-bond donors (Lipinski definition) is 1. The molecule has 0 aromatic carbocycles. The van der Waals surface area contributed by atoms with Crippen LogP contribution in [0.4, 0.5) is 0 Å². The first kappa shape index (κ1) is 12.7. The van der Waals surface area contributed by atoms with Crippen molar-refractivity contribution in [3.05, 3.63) is 49.3 Å². The van der Waals surface area contributed by atoms with E-state index in [1.54, 1.807) is 29.7 Å². The first-order valence-corrected chi connectivity index (χ1v) is 7.25. The number of thiophene rings is 1. The van der Waals surface area contributed by atoms with E-state index >= 15 is 0 Å². The Morgan fingerprint density at radius 2 is 2.24 bits per heavy atom. The van der Waals surface area contributed by atoms with E-state index in [0.717, 1.165) is 9.35 Å². The lowest BCUT2D eigenvalue weighted by molar-refractivity contribution is 0.0951. The summed E-state index contributed by atoms with van der Waals surface area (Å²) in [6, 6.07) is 5.34. The molecule has 0 fully saturated rings. The van der Waals surface area contributed by atoms with Crippen molar-refractivity contribution in [1.82, 2.24) is 10.3 Å². The second-order valence-electron chi connectivity index (χ2n) is 3.24. The van der Waals surface area contributed by atoms with Crippen LogP contribution in [0.25, 0.3) is 0 Å². The molecule has 0 aliphatic carbocycles. The molecule has 3 nitrogen and oxygen atoms in total. The molecule has 2 aromatic rings. The zero-order valence-corrected chi connectivity index (χ0v) is 12.6. The average molecular weight is 376 g/mol. The lowest BCUT2D eigenvalue weighted by atomic mass is 10.2. The fraction of sp³-hybridized carbons (Fsp3) is 0.0909. The van der Waals surface area contributed by atoms with Gasteiger partial charge in [-0.05, 0) is 55.4 Å². The molecule has 1 N–H and O–H groups in total. The number of pyridine rings is 1. The van der Waals surface area contributed by atoms with Crippen LogP contribution in [0.5, 0.6) is 0 Å². The molecule has 0 saturated carbocycles. The minimum atomic E-state index is -0.103. The Balaban J connectivity index is 2.01. The molecule has 88 valence electrons. The molecule has 0 saturated heterocycles. The summed E-state index contributed by atoms with van der Waals surface area (Å²) in [5.74, 6) is -0.103. The second kappa shape index (κ2) is 5.75. The van der Waals surface area contributed by atoms with Crippen LogP contribution in [-0.4, -0.2) is 10.9 Å². The Hall–Kier alpha value is -0.720. The Kier molecular flexibility index (Phi) is 4.31. The number of nitrogens with zero attached hydrogens (tertiary/aromatic N) is 1. The van der Waals surface area contributed by atoms with Gasteiger partial charge in [-0.15, -0.1) is 11.3 Å². The third-order valence-electron chi connectivity index (χ3n) is 2.09. The number of rotatable bonds is 3. The Morgan fingerprint density at radius 3 is 2.88 bits per heavy atom. The standard InChI is InChI=1S/C11H8Br2N2OS/c12-8-2-4-17-9(8)6-15-11(16)7-1-3-14-10(13)5-7/h1-5H,6H2,(H,15,16). The SMILES string of the molecule is O=C(NCc1sccc1Br)c1ccnc(Br)c1. The zero-order chi connectivity index (χ0) is 12.3. The molecule has 2 heterocycles. The van der Waals surface area contributed by atoms with E-state index in [-0.39, 0.29) is 5.91 Å². The van der Waals surface area contributed by atoms with E-state index < -0.39 is 0 Å². The number of amides is 1. The lowest BCUT2D eigenvalue weighted by Crippen LogP contribution is -2.22. The minimum absolute atomic E-state index is 0.103. The predicted molar refractivity (Wildman–Crippen MR) is 75.1 cm³/mol. The van der Waals surface area contributed by atoms with Crippen LogP contribution in [0.15, 0.2) is 38.9 Å². The number of hydrogen-bond acceptors (Lipinski definition) is 3. The highest BCUT2D eigenvalue weighted by atomic mass is 79.9. The first-order chi connectivity index (χ1) is 8.16. The van der Waals surface area contributed by atoms with E-state index in [1.807, 2.05) is 11.4 Å². The average Bonchev–Trinajstić information content (AvgIpc) is 2.72. The summed E-state index contributed by atoms with van der Waals surface area (Å²) >= 11 is 8.27. The van der Waals surface area contributed by atoms with Crippen LogP contribution in [-0.2, 0) is 6.54 Å². The van der Waals surface area contributed by atoms with Crippen LogP contribution >= 0.6 is 43.2 Å². The second-order valence-corrected chi connectivity index (χ2v) is 5.91. The van der Waals surface area contributed by atoms with E-state index in [1.165, 1.54) is 0 Å². The van der Waals surface area contributed by atoms with E-state index in [9.17, 15) is 4.79 Å². The molecule has 0 atom stereocenters. The first-order valence-electron chi connectivity index (χ1n) is 4.78. The van der Waals surface area contributed by atoms with Crippen molar-refractivity contribution >= 4 is 49.1 Å². The molecule has 2 aromatic heterocycles. The zero-order valence-electron chi connectivity index (χ0n) is 8.61. The summed E-state index contributed by atoms with van der Waals surface area (Å²) in [5.41, 5.74) is 0.597. The highest BCUT2D eigenvalue weighted by molar-refractivity contribution is 9.10. The van der Waals surface area contributed by atoms with Crippen molar-refractivity contribution < 1.29 is 4.79 Å². The van der Waals surface area contributed by atoms with Gasteiger partial charge < -0.3 is 5.32 Å². The van der Waals surface area contributed by atoms with Crippen LogP contribution < -0.4 is 5.32 Å². The molecule has 0 radical (unpaired) electrons. The van der Waals surface area contributed by atoms with Crippen molar-refractivity contribution in [2.45, 2.75) is 6.54 Å². The highest BCUT2D eigenvalue weighted by Gasteiger charge is 2.07. The van der Waals surface area contributed by atoms with Crippen LogP contribution in [0.1, 0.15) is 15.2 Å². The summed E-state index contributed by atoms with van der Waals surface area (Å²) in [6.07, 6.45) is 1.60. The maximum Gasteiger partial charge on any atom is 0.251 e. The van der Waals surface area contributed by atoms with Gasteiger partial charge in [0.2, 0.25) is 0 Å². The summed E-state index contributed by atoms with van der Waals surface area (Å²) < 4.78 is 1.68. The number of nitrogens with one attached hydrogen (secondary N) is 1. The quantitative estimate of drug-likeness (QED) is 0.832.